The van der Waals surface area contributed by atoms with E-state index in [0.717, 1.165) is 24.3 Å². The summed E-state index contributed by atoms with van der Waals surface area (Å²) in [6.07, 6.45) is 2.45. The van der Waals surface area contributed by atoms with E-state index >= 15 is 0 Å². The van der Waals surface area contributed by atoms with Crippen LogP contribution in [-0.4, -0.2) is 15.8 Å². The number of nitrogens with zero attached hydrogens (tertiary/aromatic N) is 2. The Hall–Kier alpha value is -2.97. The van der Waals surface area contributed by atoms with Crippen LogP contribution in [0.25, 0.3) is 6.08 Å². The number of nitrogens with one attached hydrogen (secondary N) is 1. The Morgan fingerprint density at radius 3 is 2.24 bits per heavy atom. The van der Waals surface area contributed by atoms with Crippen molar-refractivity contribution >= 4 is 52.2 Å². The van der Waals surface area contributed by atoms with E-state index in [0.29, 0.717) is 15.6 Å². The fraction of sp³-hybridized carbons (Fsp3) is 0. The number of carbonyl (C=O) groups is 1. The highest BCUT2D eigenvalue weighted by Gasteiger charge is 2.20. The van der Waals surface area contributed by atoms with Crippen molar-refractivity contribution in [2.24, 2.45) is 0 Å². The lowest BCUT2D eigenvalue weighted by atomic mass is 10.2. The van der Waals surface area contributed by atoms with Crippen molar-refractivity contribution in [3.05, 3.63) is 78.3 Å². The van der Waals surface area contributed by atoms with Gasteiger partial charge in [0, 0.05) is 27.8 Å². The number of non-ortho nitro benzene ring substituents is 1. The summed E-state index contributed by atoms with van der Waals surface area (Å²) >= 11 is 11.9. The molecule has 1 amide bonds. The van der Waals surface area contributed by atoms with Crippen LogP contribution in [0.3, 0.4) is 0 Å². The second kappa shape index (κ2) is 7.73. The third-order valence-electron chi connectivity index (χ3n) is 3.05. The first-order valence-corrected chi connectivity index (χ1v) is 7.41. The number of hydrogen-bond donors (Lipinski definition) is 1. The number of hydrogen-bond acceptors (Lipinski definition) is 5. The van der Waals surface area contributed by atoms with Crippen molar-refractivity contribution in [3.63, 3.8) is 0 Å². The Balaban J connectivity index is 2.24. The lowest BCUT2D eigenvalue weighted by Gasteiger charge is -2.04. The molecule has 0 atom stereocenters. The lowest BCUT2D eigenvalue weighted by Crippen LogP contribution is -2.10. The number of carbonyl (C=O) groups excluding carboxylic acids is 1. The van der Waals surface area contributed by atoms with E-state index in [9.17, 15) is 25.0 Å². The van der Waals surface area contributed by atoms with Gasteiger partial charge in [-0.25, -0.2) is 0 Å². The molecule has 2 aromatic rings. The zero-order chi connectivity index (χ0) is 18.6. The van der Waals surface area contributed by atoms with Gasteiger partial charge in [-0.3, -0.25) is 25.0 Å². The van der Waals surface area contributed by atoms with Gasteiger partial charge in [-0.1, -0.05) is 29.3 Å². The van der Waals surface area contributed by atoms with Crippen molar-refractivity contribution in [1.29, 1.82) is 0 Å². The van der Waals surface area contributed by atoms with Gasteiger partial charge in [0.25, 0.3) is 11.4 Å². The first kappa shape index (κ1) is 18.4. The summed E-state index contributed by atoms with van der Waals surface area (Å²) in [4.78, 5) is 32.1. The van der Waals surface area contributed by atoms with Crippen LogP contribution in [0.4, 0.5) is 17.1 Å². The maximum atomic E-state index is 12.0. The largest absolute Gasteiger partial charge is 0.317 e. The molecule has 0 saturated heterocycles. The highest BCUT2D eigenvalue weighted by Crippen LogP contribution is 2.29. The molecule has 1 N–H and O–H groups in total. The van der Waals surface area contributed by atoms with E-state index in [4.69, 9.17) is 23.2 Å². The van der Waals surface area contributed by atoms with E-state index < -0.39 is 27.1 Å². The molecule has 0 aliphatic heterocycles. The molecule has 0 radical (unpaired) electrons. The highest BCUT2D eigenvalue weighted by atomic mass is 35.5. The molecule has 2 rings (SSSR count). The Morgan fingerprint density at radius 2 is 1.68 bits per heavy atom. The quantitative estimate of drug-likeness (QED) is 0.466. The van der Waals surface area contributed by atoms with Crippen LogP contribution in [0.1, 0.15) is 5.56 Å². The number of benzene rings is 2. The van der Waals surface area contributed by atoms with Crippen molar-refractivity contribution in [2.45, 2.75) is 0 Å². The second-order valence-corrected chi connectivity index (χ2v) is 5.49. The number of rotatable bonds is 5. The van der Waals surface area contributed by atoms with E-state index in [1.165, 1.54) is 6.08 Å². The Labute approximate surface area is 151 Å². The topological polar surface area (TPSA) is 115 Å². The van der Waals surface area contributed by atoms with Crippen LogP contribution in [0, 0.1) is 20.2 Å². The van der Waals surface area contributed by atoms with E-state index in [1.54, 1.807) is 18.2 Å². The van der Waals surface area contributed by atoms with Crippen LogP contribution in [0.2, 0.25) is 10.0 Å². The van der Waals surface area contributed by atoms with Gasteiger partial charge in [0.05, 0.1) is 15.9 Å². The van der Waals surface area contributed by atoms with E-state index in [2.05, 4.69) is 5.32 Å². The molecule has 128 valence electrons. The van der Waals surface area contributed by atoms with Crippen molar-refractivity contribution in [1.82, 2.24) is 0 Å². The monoisotopic (exact) mass is 381 g/mol. The maximum Gasteiger partial charge on any atom is 0.299 e. The van der Waals surface area contributed by atoms with E-state index in [1.807, 2.05) is 0 Å². The number of halogens is 2. The van der Waals surface area contributed by atoms with Crippen LogP contribution >= 0.6 is 23.2 Å². The van der Waals surface area contributed by atoms with Crippen molar-refractivity contribution in [2.75, 3.05) is 5.32 Å². The summed E-state index contributed by atoms with van der Waals surface area (Å²) in [5.41, 5.74) is -0.801. The third kappa shape index (κ3) is 4.52. The fourth-order valence-corrected chi connectivity index (χ4v) is 2.42. The van der Waals surface area contributed by atoms with Gasteiger partial charge >= 0.3 is 0 Å². The summed E-state index contributed by atoms with van der Waals surface area (Å²) in [5.74, 6) is -0.687. The number of nitro benzene ring substituents is 2. The van der Waals surface area contributed by atoms with Crippen LogP contribution in [0.15, 0.2) is 42.5 Å². The molecule has 8 nitrogen and oxygen atoms in total. The fourth-order valence-electron chi connectivity index (χ4n) is 1.89. The van der Waals surface area contributed by atoms with Crippen LogP contribution in [0.5, 0.6) is 0 Å². The minimum Gasteiger partial charge on any atom is -0.317 e. The predicted molar refractivity (Wildman–Crippen MR) is 93.9 cm³/mol. The number of anilines is 1. The Kier molecular flexibility index (Phi) is 5.68. The summed E-state index contributed by atoms with van der Waals surface area (Å²) in [7, 11) is 0. The first-order chi connectivity index (χ1) is 11.8. The summed E-state index contributed by atoms with van der Waals surface area (Å²) in [5, 5.41) is 24.7. The van der Waals surface area contributed by atoms with Gasteiger partial charge in [0.1, 0.15) is 5.69 Å². The third-order valence-corrected chi connectivity index (χ3v) is 3.71. The van der Waals surface area contributed by atoms with Crippen molar-refractivity contribution < 1.29 is 14.6 Å². The zero-order valence-corrected chi connectivity index (χ0v) is 13.8. The highest BCUT2D eigenvalue weighted by molar-refractivity contribution is 6.37. The average Bonchev–Trinajstić information content (AvgIpc) is 2.54. The summed E-state index contributed by atoms with van der Waals surface area (Å²) in [6, 6.07) is 7.73. The predicted octanol–water partition coefficient (Wildman–Crippen LogP) is 4.46. The standard InChI is InChI=1S/C15H9Cl2N3O5/c16-11-2-1-3-12(17)10(11)5-7-15(21)18-13-6-4-9(19(22)23)8-14(13)20(24)25/h1-8H,(H,18,21). The normalized spacial score (nSPS) is 10.6. The molecular formula is C15H9Cl2N3O5. The molecule has 0 spiro atoms. The number of amides is 1. The van der Waals surface area contributed by atoms with Gasteiger partial charge in [-0.05, 0) is 24.3 Å². The van der Waals surface area contributed by atoms with E-state index in [-0.39, 0.29) is 5.69 Å². The number of nitro groups is 2. The molecule has 10 heteroatoms. The zero-order valence-electron chi connectivity index (χ0n) is 12.3. The molecule has 0 aliphatic rings. The molecule has 25 heavy (non-hydrogen) atoms. The van der Waals surface area contributed by atoms with Gasteiger partial charge in [-0.15, -0.1) is 0 Å². The molecule has 0 aliphatic carbocycles. The van der Waals surface area contributed by atoms with Crippen LogP contribution < -0.4 is 5.32 Å². The Bertz CT molecular complexity index is 878. The minimum atomic E-state index is -0.822. The van der Waals surface area contributed by atoms with Crippen LogP contribution in [-0.2, 0) is 4.79 Å². The lowest BCUT2D eigenvalue weighted by molar-refractivity contribution is -0.393. The SMILES string of the molecule is O=C(C=Cc1c(Cl)cccc1Cl)Nc1ccc([N+](=O)[O-])cc1[N+](=O)[O-]. The average molecular weight is 382 g/mol. The molecule has 0 bridgehead atoms. The molecule has 2 aromatic carbocycles. The Morgan fingerprint density at radius 1 is 1.04 bits per heavy atom. The molecule has 0 heterocycles. The smallest absolute Gasteiger partial charge is 0.299 e. The first-order valence-electron chi connectivity index (χ1n) is 6.65. The summed E-state index contributed by atoms with van der Waals surface area (Å²) in [6.45, 7) is 0. The molecular weight excluding hydrogens is 373 g/mol. The van der Waals surface area contributed by atoms with Gasteiger partial charge in [0.2, 0.25) is 5.91 Å². The summed E-state index contributed by atoms with van der Waals surface area (Å²) < 4.78 is 0. The van der Waals surface area contributed by atoms with Gasteiger partial charge < -0.3 is 5.32 Å². The molecule has 0 saturated carbocycles. The minimum absolute atomic E-state index is 0.171. The maximum absolute atomic E-state index is 12.0. The molecule has 0 aromatic heterocycles. The van der Waals surface area contributed by atoms with Gasteiger partial charge in [-0.2, -0.15) is 0 Å². The molecule has 0 fully saturated rings. The molecule has 0 unspecified atom stereocenters. The van der Waals surface area contributed by atoms with Crippen molar-refractivity contribution in [3.8, 4) is 0 Å². The second-order valence-electron chi connectivity index (χ2n) is 4.67. The van der Waals surface area contributed by atoms with Gasteiger partial charge in [0.15, 0.2) is 0 Å².